The molecule has 0 aliphatic rings. The van der Waals surface area contributed by atoms with Crippen LogP contribution in [-0.4, -0.2) is 13.6 Å². The third-order valence-corrected chi connectivity index (χ3v) is 3.84. The van der Waals surface area contributed by atoms with E-state index in [1.165, 1.54) is 0 Å². The van der Waals surface area contributed by atoms with Crippen molar-refractivity contribution in [1.29, 1.82) is 0 Å². The molecule has 0 atom stereocenters. The van der Waals surface area contributed by atoms with Crippen molar-refractivity contribution < 1.29 is 0 Å². The molecule has 0 radical (unpaired) electrons. The van der Waals surface area contributed by atoms with Gasteiger partial charge < -0.3 is 10.6 Å². The van der Waals surface area contributed by atoms with Crippen LogP contribution in [0.4, 0.5) is 5.69 Å². The predicted molar refractivity (Wildman–Crippen MR) is 87.8 cm³/mol. The maximum atomic E-state index is 6.21. The second kappa shape index (κ2) is 6.98. The molecule has 2 aromatic rings. The van der Waals surface area contributed by atoms with Gasteiger partial charge in [0.05, 0.1) is 0 Å². The second-order valence-corrected chi connectivity index (χ2v) is 5.60. The van der Waals surface area contributed by atoms with Crippen LogP contribution in [0, 0.1) is 0 Å². The molecule has 0 unspecified atom stereocenters. The Morgan fingerprint density at radius 3 is 2.50 bits per heavy atom. The molecular weight excluding hydrogens is 291 g/mol. The van der Waals surface area contributed by atoms with Crippen LogP contribution in [0.5, 0.6) is 0 Å². The minimum absolute atomic E-state index is 0.604. The van der Waals surface area contributed by atoms with Crippen molar-refractivity contribution >= 4 is 28.9 Å². The zero-order chi connectivity index (χ0) is 14.5. The number of hydrogen-bond donors (Lipinski definition) is 1. The summed E-state index contributed by atoms with van der Waals surface area (Å²) in [6.45, 7) is 1.35. The molecule has 0 heterocycles. The topological polar surface area (TPSA) is 29.3 Å². The van der Waals surface area contributed by atoms with Crippen LogP contribution < -0.4 is 10.6 Å². The number of nitrogens with zero attached hydrogens (tertiary/aromatic N) is 1. The Morgan fingerprint density at radius 1 is 1.05 bits per heavy atom. The Bertz CT molecular complexity index is 584. The smallest absolute Gasteiger partial charge is 0.0455 e. The normalized spacial score (nSPS) is 10.6. The Morgan fingerprint density at radius 2 is 1.80 bits per heavy atom. The van der Waals surface area contributed by atoms with Gasteiger partial charge in [0.2, 0.25) is 0 Å². The number of halogens is 2. The van der Waals surface area contributed by atoms with Gasteiger partial charge >= 0.3 is 0 Å². The summed E-state index contributed by atoms with van der Waals surface area (Å²) < 4.78 is 0. The molecule has 2 rings (SSSR count). The molecule has 106 valence electrons. The van der Waals surface area contributed by atoms with Gasteiger partial charge in [-0.3, -0.25) is 0 Å². The molecular formula is C16H18Cl2N2. The van der Waals surface area contributed by atoms with Crippen molar-refractivity contribution in [2.45, 2.75) is 13.0 Å². The lowest BCUT2D eigenvalue weighted by atomic mass is 10.1. The van der Waals surface area contributed by atoms with E-state index < -0.39 is 0 Å². The first-order valence-electron chi connectivity index (χ1n) is 6.55. The highest BCUT2D eigenvalue weighted by Gasteiger charge is 2.10. The summed E-state index contributed by atoms with van der Waals surface area (Å²) in [7, 11) is 2.05. The van der Waals surface area contributed by atoms with Gasteiger partial charge in [0.15, 0.2) is 0 Å². The molecule has 0 aromatic heterocycles. The monoisotopic (exact) mass is 308 g/mol. The van der Waals surface area contributed by atoms with Crippen LogP contribution in [0.2, 0.25) is 10.0 Å². The van der Waals surface area contributed by atoms with Gasteiger partial charge in [-0.2, -0.15) is 0 Å². The molecule has 2 aromatic carbocycles. The van der Waals surface area contributed by atoms with Crippen LogP contribution in [0.1, 0.15) is 11.1 Å². The highest BCUT2D eigenvalue weighted by atomic mass is 35.5. The molecule has 0 spiro atoms. The van der Waals surface area contributed by atoms with E-state index in [-0.39, 0.29) is 0 Å². The molecule has 0 amide bonds. The van der Waals surface area contributed by atoms with Gasteiger partial charge in [0.1, 0.15) is 0 Å². The van der Waals surface area contributed by atoms with Crippen LogP contribution in [0.3, 0.4) is 0 Å². The lowest BCUT2D eigenvalue weighted by Crippen LogP contribution is -2.19. The van der Waals surface area contributed by atoms with E-state index in [2.05, 4.69) is 4.90 Å². The Hall–Kier alpha value is -1.22. The fourth-order valence-electron chi connectivity index (χ4n) is 2.25. The first kappa shape index (κ1) is 15.2. The van der Waals surface area contributed by atoms with Crippen molar-refractivity contribution in [3.8, 4) is 0 Å². The molecule has 2 N–H and O–H groups in total. The number of anilines is 1. The zero-order valence-corrected chi connectivity index (χ0v) is 13.0. The third-order valence-electron chi connectivity index (χ3n) is 3.23. The summed E-state index contributed by atoms with van der Waals surface area (Å²) in [5, 5.41) is 1.53. The van der Waals surface area contributed by atoms with Crippen LogP contribution in [0.25, 0.3) is 0 Å². The van der Waals surface area contributed by atoms with Crippen LogP contribution >= 0.6 is 23.2 Å². The number of hydrogen-bond acceptors (Lipinski definition) is 2. The van der Waals surface area contributed by atoms with E-state index >= 15 is 0 Å². The summed E-state index contributed by atoms with van der Waals surface area (Å²) in [6.07, 6.45) is 0.808. The first-order chi connectivity index (χ1) is 9.61. The molecule has 0 aliphatic carbocycles. The number of benzene rings is 2. The van der Waals surface area contributed by atoms with Crippen molar-refractivity contribution in [3.63, 3.8) is 0 Å². The lowest BCUT2D eigenvalue weighted by molar-refractivity contribution is 0.893. The van der Waals surface area contributed by atoms with E-state index in [0.717, 1.165) is 39.8 Å². The molecule has 0 fully saturated rings. The van der Waals surface area contributed by atoms with Crippen molar-refractivity contribution in [3.05, 3.63) is 63.6 Å². The largest absolute Gasteiger partial charge is 0.370 e. The highest BCUT2D eigenvalue weighted by molar-refractivity contribution is 6.31. The molecule has 20 heavy (non-hydrogen) atoms. The predicted octanol–water partition coefficient (Wildman–Crippen LogP) is 4.13. The summed E-state index contributed by atoms with van der Waals surface area (Å²) >= 11 is 12.3. The Labute approximate surface area is 130 Å². The van der Waals surface area contributed by atoms with Crippen molar-refractivity contribution in [2.75, 3.05) is 18.5 Å². The first-order valence-corrected chi connectivity index (χ1v) is 7.30. The molecule has 0 bridgehead atoms. The van der Waals surface area contributed by atoms with Gasteiger partial charge in [-0.1, -0.05) is 41.4 Å². The Kier molecular flexibility index (Phi) is 5.30. The second-order valence-electron chi connectivity index (χ2n) is 4.76. The van der Waals surface area contributed by atoms with Crippen molar-refractivity contribution in [2.24, 2.45) is 5.73 Å². The minimum atomic E-state index is 0.604. The minimum Gasteiger partial charge on any atom is -0.370 e. The van der Waals surface area contributed by atoms with E-state index in [9.17, 15) is 0 Å². The van der Waals surface area contributed by atoms with E-state index in [4.69, 9.17) is 28.9 Å². The zero-order valence-electron chi connectivity index (χ0n) is 11.4. The molecule has 0 saturated heterocycles. The maximum Gasteiger partial charge on any atom is 0.0455 e. The van der Waals surface area contributed by atoms with Gasteiger partial charge in [-0.15, -0.1) is 0 Å². The van der Waals surface area contributed by atoms with Gasteiger partial charge in [0.25, 0.3) is 0 Å². The third kappa shape index (κ3) is 3.66. The fourth-order valence-corrected chi connectivity index (χ4v) is 2.64. The maximum absolute atomic E-state index is 6.21. The molecule has 2 nitrogen and oxygen atoms in total. The van der Waals surface area contributed by atoms with Gasteiger partial charge in [-0.25, -0.2) is 0 Å². The summed E-state index contributed by atoms with van der Waals surface area (Å²) in [6, 6.07) is 13.8. The quantitative estimate of drug-likeness (QED) is 0.900. The molecule has 4 heteroatoms. The average Bonchev–Trinajstić information content (AvgIpc) is 2.42. The van der Waals surface area contributed by atoms with Crippen LogP contribution in [-0.2, 0) is 13.0 Å². The standard InChI is InChI=1S/C16H18Cl2N2/c1-20(11-13-4-2-3-5-15(13)18)16-7-6-14(17)10-12(16)8-9-19/h2-7,10H,8-9,11,19H2,1H3. The van der Waals surface area contributed by atoms with E-state index in [1.54, 1.807) is 0 Å². The van der Waals surface area contributed by atoms with Crippen molar-refractivity contribution in [1.82, 2.24) is 0 Å². The lowest BCUT2D eigenvalue weighted by Gasteiger charge is -2.23. The highest BCUT2D eigenvalue weighted by Crippen LogP contribution is 2.26. The van der Waals surface area contributed by atoms with Crippen LogP contribution in [0.15, 0.2) is 42.5 Å². The van der Waals surface area contributed by atoms with E-state index in [1.807, 2.05) is 49.5 Å². The SMILES string of the molecule is CN(Cc1ccccc1Cl)c1ccc(Cl)cc1CCN. The fraction of sp³-hybridized carbons (Fsp3) is 0.250. The molecule has 0 aliphatic heterocycles. The summed E-state index contributed by atoms with van der Waals surface area (Å²) in [4.78, 5) is 2.17. The number of nitrogens with two attached hydrogens (primary N) is 1. The summed E-state index contributed by atoms with van der Waals surface area (Å²) in [5.74, 6) is 0. The average molecular weight is 309 g/mol. The number of rotatable bonds is 5. The molecule has 0 saturated carbocycles. The Balaban J connectivity index is 2.25. The van der Waals surface area contributed by atoms with Gasteiger partial charge in [0, 0.05) is 29.3 Å². The van der Waals surface area contributed by atoms with E-state index in [0.29, 0.717) is 6.54 Å². The summed E-state index contributed by atoms with van der Waals surface area (Å²) in [5.41, 5.74) is 9.08. The van der Waals surface area contributed by atoms with Gasteiger partial charge in [-0.05, 0) is 48.4 Å².